The Bertz CT molecular complexity index is 550. The van der Waals surface area contributed by atoms with E-state index in [0.29, 0.717) is 24.5 Å². The van der Waals surface area contributed by atoms with Crippen molar-refractivity contribution in [2.24, 2.45) is 0 Å². The van der Waals surface area contributed by atoms with Crippen molar-refractivity contribution in [2.45, 2.75) is 20.4 Å². The van der Waals surface area contributed by atoms with Crippen LogP contribution in [0.1, 0.15) is 28.0 Å². The summed E-state index contributed by atoms with van der Waals surface area (Å²) in [6.45, 7) is 4.85. The molecule has 4 nitrogen and oxygen atoms in total. The first kappa shape index (κ1) is 13.1. The largest absolute Gasteiger partial charge is 0.361 e. The van der Waals surface area contributed by atoms with Crippen LogP contribution in [0.25, 0.3) is 0 Å². The molecule has 2 rings (SSSR count). The van der Waals surface area contributed by atoms with E-state index in [2.05, 4.69) is 5.16 Å². The van der Waals surface area contributed by atoms with Crippen molar-refractivity contribution in [2.75, 3.05) is 6.54 Å². The molecule has 0 radical (unpaired) electrons. The number of hydrogen-bond donors (Lipinski definition) is 0. The summed E-state index contributed by atoms with van der Waals surface area (Å²) in [6, 6.07) is 5.41. The normalized spacial score (nSPS) is 10.6. The lowest BCUT2D eigenvalue weighted by molar-refractivity contribution is 0.0743. The minimum Gasteiger partial charge on any atom is -0.361 e. The van der Waals surface area contributed by atoms with Gasteiger partial charge in [-0.05, 0) is 26.0 Å². The van der Waals surface area contributed by atoms with Gasteiger partial charge in [0.25, 0.3) is 5.91 Å². The number of carbonyl (C=O) groups excluding carboxylic acids is 1. The molecule has 0 fully saturated rings. The van der Waals surface area contributed by atoms with Crippen LogP contribution < -0.4 is 0 Å². The topological polar surface area (TPSA) is 46.3 Å². The number of aromatic nitrogens is 1. The van der Waals surface area contributed by atoms with Gasteiger partial charge in [-0.3, -0.25) is 4.79 Å². The summed E-state index contributed by atoms with van der Waals surface area (Å²) in [5, 5.41) is 3.74. The van der Waals surface area contributed by atoms with Gasteiger partial charge in [-0.2, -0.15) is 0 Å². The van der Waals surface area contributed by atoms with Gasteiger partial charge in [-0.1, -0.05) is 16.8 Å². The van der Waals surface area contributed by atoms with E-state index in [1.54, 1.807) is 17.9 Å². The average Bonchev–Trinajstić information content (AvgIpc) is 2.94. The predicted octanol–water partition coefficient (Wildman–Crippen LogP) is 3.36. The molecule has 2 heterocycles. The zero-order valence-electron chi connectivity index (χ0n) is 10.1. The van der Waals surface area contributed by atoms with E-state index in [-0.39, 0.29) is 5.91 Å². The summed E-state index contributed by atoms with van der Waals surface area (Å²) in [6.07, 6.45) is 0. The molecule has 96 valence electrons. The van der Waals surface area contributed by atoms with E-state index in [1.807, 2.05) is 19.1 Å². The van der Waals surface area contributed by atoms with Gasteiger partial charge < -0.3 is 9.42 Å². The molecule has 0 bridgehead atoms. The number of amides is 1. The van der Waals surface area contributed by atoms with Crippen molar-refractivity contribution in [3.63, 3.8) is 0 Å². The van der Waals surface area contributed by atoms with Crippen LogP contribution in [0.15, 0.2) is 22.7 Å². The molecular weight excluding hydrogens is 272 g/mol. The molecule has 0 atom stereocenters. The minimum absolute atomic E-state index is 0.126. The molecule has 0 aliphatic rings. The van der Waals surface area contributed by atoms with E-state index < -0.39 is 0 Å². The van der Waals surface area contributed by atoms with Crippen molar-refractivity contribution < 1.29 is 9.32 Å². The van der Waals surface area contributed by atoms with Gasteiger partial charge in [0.05, 0.1) is 10.9 Å². The van der Waals surface area contributed by atoms with E-state index in [4.69, 9.17) is 16.1 Å². The molecule has 0 spiro atoms. The minimum atomic E-state index is -0.126. The fourth-order valence-electron chi connectivity index (χ4n) is 1.58. The maximum atomic E-state index is 12.2. The first-order valence-corrected chi connectivity index (χ1v) is 6.76. The van der Waals surface area contributed by atoms with E-state index in [0.717, 1.165) is 9.21 Å². The van der Waals surface area contributed by atoms with E-state index in [9.17, 15) is 4.79 Å². The maximum absolute atomic E-state index is 12.2. The van der Waals surface area contributed by atoms with Crippen LogP contribution in [0.3, 0.4) is 0 Å². The van der Waals surface area contributed by atoms with Crippen molar-refractivity contribution in [1.29, 1.82) is 0 Å². The second kappa shape index (κ2) is 5.54. The first-order chi connectivity index (χ1) is 8.60. The second-order valence-corrected chi connectivity index (χ2v) is 5.65. The van der Waals surface area contributed by atoms with Crippen LogP contribution in [0.4, 0.5) is 0 Å². The summed E-state index contributed by atoms with van der Waals surface area (Å²) >= 11 is 7.35. The van der Waals surface area contributed by atoms with Crippen LogP contribution in [-0.4, -0.2) is 22.5 Å². The maximum Gasteiger partial charge on any atom is 0.276 e. The number of rotatable bonds is 4. The summed E-state index contributed by atoms with van der Waals surface area (Å²) in [4.78, 5) is 14.9. The van der Waals surface area contributed by atoms with Crippen molar-refractivity contribution >= 4 is 28.8 Å². The van der Waals surface area contributed by atoms with Gasteiger partial charge in [0.2, 0.25) is 0 Å². The molecule has 2 aromatic heterocycles. The van der Waals surface area contributed by atoms with E-state index >= 15 is 0 Å². The Morgan fingerprint density at radius 1 is 1.56 bits per heavy atom. The number of halogens is 1. The lowest BCUT2D eigenvalue weighted by Gasteiger charge is -2.18. The van der Waals surface area contributed by atoms with Crippen molar-refractivity contribution in [3.8, 4) is 0 Å². The summed E-state index contributed by atoms with van der Waals surface area (Å²) in [5.41, 5.74) is 0.344. The van der Waals surface area contributed by atoms with Gasteiger partial charge in [0.1, 0.15) is 5.76 Å². The first-order valence-electron chi connectivity index (χ1n) is 5.57. The number of nitrogens with zero attached hydrogens (tertiary/aromatic N) is 2. The van der Waals surface area contributed by atoms with Gasteiger partial charge in [0.15, 0.2) is 5.69 Å². The van der Waals surface area contributed by atoms with Crippen LogP contribution >= 0.6 is 22.9 Å². The number of thiophene rings is 1. The standard InChI is InChI=1S/C12H13ClN2O2S/c1-3-15(7-9-4-5-11(13)18-9)12(16)10-6-8(2)17-14-10/h4-6H,3,7H2,1-2H3. The van der Waals surface area contributed by atoms with Crippen LogP contribution in [0.5, 0.6) is 0 Å². The molecule has 2 aromatic rings. The Hall–Kier alpha value is -1.33. The lowest BCUT2D eigenvalue weighted by atomic mass is 10.3. The van der Waals surface area contributed by atoms with Crippen LogP contribution in [-0.2, 0) is 6.54 Å². The number of hydrogen-bond acceptors (Lipinski definition) is 4. The van der Waals surface area contributed by atoms with Gasteiger partial charge in [0, 0.05) is 17.5 Å². The highest BCUT2D eigenvalue weighted by Gasteiger charge is 2.18. The Kier molecular flexibility index (Phi) is 4.04. The second-order valence-electron chi connectivity index (χ2n) is 3.85. The average molecular weight is 285 g/mol. The number of aryl methyl sites for hydroxylation is 1. The zero-order valence-corrected chi connectivity index (χ0v) is 11.7. The van der Waals surface area contributed by atoms with Gasteiger partial charge in [-0.25, -0.2) is 0 Å². The third kappa shape index (κ3) is 2.91. The summed E-state index contributed by atoms with van der Waals surface area (Å²) < 4.78 is 5.65. The van der Waals surface area contributed by atoms with Gasteiger partial charge in [-0.15, -0.1) is 11.3 Å². The third-order valence-electron chi connectivity index (χ3n) is 2.49. The highest BCUT2D eigenvalue weighted by atomic mass is 35.5. The summed E-state index contributed by atoms with van der Waals surface area (Å²) in [5.74, 6) is 0.507. The lowest BCUT2D eigenvalue weighted by Crippen LogP contribution is -2.30. The molecule has 0 saturated carbocycles. The Morgan fingerprint density at radius 2 is 2.33 bits per heavy atom. The molecule has 0 aliphatic heterocycles. The Balaban J connectivity index is 2.11. The monoisotopic (exact) mass is 284 g/mol. The fraction of sp³-hybridized carbons (Fsp3) is 0.333. The number of carbonyl (C=O) groups is 1. The zero-order chi connectivity index (χ0) is 13.1. The molecule has 0 unspecified atom stereocenters. The van der Waals surface area contributed by atoms with E-state index in [1.165, 1.54) is 11.3 Å². The molecule has 1 amide bonds. The summed E-state index contributed by atoms with van der Waals surface area (Å²) in [7, 11) is 0. The SMILES string of the molecule is CCN(Cc1ccc(Cl)s1)C(=O)c1cc(C)on1. The van der Waals surface area contributed by atoms with Crippen molar-refractivity contribution in [1.82, 2.24) is 10.1 Å². The Morgan fingerprint density at radius 3 is 2.83 bits per heavy atom. The van der Waals surface area contributed by atoms with Crippen LogP contribution in [0.2, 0.25) is 4.34 Å². The van der Waals surface area contributed by atoms with Crippen molar-refractivity contribution in [3.05, 3.63) is 38.9 Å². The molecular formula is C12H13ClN2O2S. The predicted molar refractivity (Wildman–Crippen MR) is 71.0 cm³/mol. The molecule has 18 heavy (non-hydrogen) atoms. The molecule has 0 N–H and O–H groups in total. The highest BCUT2D eigenvalue weighted by molar-refractivity contribution is 7.16. The van der Waals surface area contributed by atoms with Gasteiger partial charge >= 0.3 is 0 Å². The quantitative estimate of drug-likeness (QED) is 0.865. The highest BCUT2D eigenvalue weighted by Crippen LogP contribution is 2.23. The smallest absolute Gasteiger partial charge is 0.276 e. The van der Waals surface area contributed by atoms with Crippen LogP contribution in [0, 0.1) is 6.92 Å². The Labute approximate surface area is 114 Å². The molecule has 0 saturated heterocycles. The third-order valence-corrected chi connectivity index (χ3v) is 3.71. The fourth-order valence-corrected chi connectivity index (χ4v) is 2.68. The molecule has 6 heteroatoms. The molecule has 0 aromatic carbocycles. The molecule has 0 aliphatic carbocycles.